The Balaban J connectivity index is 1.56. The molecule has 1 heterocycles. The van der Waals surface area contributed by atoms with Gasteiger partial charge in [0.15, 0.2) is 12.4 Å². The van der Waals surface area contributed by atoms with Crippen LogP contribution in [0.25, 0.3) is 0 Å². The molecule has 1 aliphatic heterocycles. The van der Waals surface area contributed by atoms with Crippen LogP contribution in [0.2, 0.25) is 0 Å². The molecule has 0 unspecified atom stereocenters. The molecule has 4 rings (SSSR count). The maximum absolute atomic E-state index is 6.47. The molecule has 6 heteroatoms. The van der Waals surface area contributed by atoms with Crippen LogP contribution in [0.3, 0.4) is 0 Å². The highest BCUT2D eigenvalue weighted by atomic mass is 16.7. The zero-order valence-electron chi connectivity index (χ0n) is 21.1. The molecule has 0 amide bonds. The molecule has 0 saturated carbocycles. The Morgan fingerprint density at radius 1 is 0.730 bits per heavy atom. The van der Waals surface area contributed by atoms with Crippen molar-refractivity contribution in [1.82, 2.24) is 0 Å². The highest BCUT2D eigenvalue weighted by molar-refractivity contribution is 5.15. The fraction of sp³-hybridized carbons (Fsp3) is 0.323. The fourth-order valence-electron chi connectivity index (χ4n) is 4.26. The third kappa shape index (κ3) is 7.88. The highest BCUT2D eigenvalue weighted by Crippen LogP contribution is 2.30. The average molecular weight is 503 g/mol. The van der Waals surface area contributed by atoms with Crippen LogP contribution in [0.1, 0.15) is 16.7 Å². The fourth-order valence-corrected chi connectivity index (χ4v) is 4.26. The first-order valence-electron chi connectivity index (χ1n) is 12.4. The Hall–Kier alpha value is -3.22. The van der Waals surface area contributed by atoms with E-state index in [-0.39, 0.29) is 0 Å². The van der Waals surface area contributed by atoms with Crippen LogP contribution in [-0.4, -0.2) is 44.4 Å². The van der Waals surface area contributed by atoms with E-state index in [1.165, 1.54) is 6.26 Å². The van der Waals surface area contributed by atoms with Crippen LogP contribution in [0.5, 0.6) is 0 Å². The second-order valence-electron chi connectivity index (χ2n) is 8.72. The van der Waals surface area contributed by atoms with Gasteiger partial charge in [-0.1, -0.05) is 103 Å². The van der Waals surface area contributed by atoms with E-state index in [0.29, 0.717) is 26.4 Å². The largest absolute Gasteiger partial charge is 0.482 e. The van der Waals surface area contributed by atoms with E-state index in [1.54, 1.807) is 7.11 Å². The van der Waals surface area contributed by atoms with Crippen LogP contribution in [0, 0.1) is 0 Å². The van der Waals surface area contributed by atoms with Crippen molar-refractivity contribution in [3.63, 3.8) is 0 Å². The molecule has 1 fully saturated rings. The molecule has 3 aromatic rings. The SMILES string of the molecule is C=C=CO[C@H]1[C@H](OC)O[C@H](COCc2ccccc2)[C@@H](OCc2ccccc2)[C@@H]1OCc1ccccc1. The van der Waals surface area contributed by atoms with Crippen LogP contribution >= 0.6 is 0 Å². The Morgan fingerprint density at radius 3 is 1.76 bits per heavy atom. The Bertz CT molecular complexity index is 1080. The number of rotatable bonds is 13. The lowest BCUT2D eigenvalue weighted by atomic mass is 9.98. The van der Waals surface area contributed by atoms with Crippen molar-refractivity contribution < 1.29 is 28.4 Å². The van der Waals surface area contributed by atoms with E-state index in [1.807, 2.05) is 91.0 Å². The first-order chi connectivity index (χ1) is 18.3. The van der Waals surface area contributed by atoms with Crippen molar-refractivity contribution >= 4 is 0 Å². The summed E-state index contributed by atoms with van der Waals surface area (Å²) in [5.41, 5.74) is 5.83. The van der Waals surface area contributed by atoms with Gasteiger partial charge in [0.25, 0.3) is 0 Å². The first-order valence-corrected chi connectivity index (χ1v) is 12.4. The predicted octanol–water partition coefficient (Wildman–Crippen LogP) is 5.43. The van der Waals surface area contributed by atoms with Gasteiger partial charge in [-0.2, -0.15) is 0 Å². The molecule has 0 N–H and O–H groups in total. The number of hydrogen-bond donors (Lipinski definition) is 0. The van der Waals surface area contributed by atoms with Crippen LogP contribution in [0.4, 0.5) is 0 Å². The van der Waals surface area contributed by atoms with Crippen LogP contribution < -0.4 is 0 Å². The third-order valence-corrected chi connectivity index (χ3v) is 6.10. The van der Waals surface area contributed by atoms with E-state index >= 15 is 0 Å². The molecule has 3 aromatic carbocycles. The smallest absolute Gasteiger partial charge is 0.197 e. The zero-order chi connectivity index (χ0) is 25.7. The predicted molar refractivity (Wildman–Crippen MR) is 140 cm³/mol. The summed E-state index contributed by atoms with van der Waals surface area (Å²) >= 11 is 0. The van der Waals surface area contributed by atoms with Gasteiger partial charge in [-0.25, -0.2) is 0 Å². The number of methoxy groups -OCH3 is 1. The van der Waals surface area contributed by atoms with Crippen LogP contribution in [0.15, 0.2) is 110 Å². The lowest BCUT2D eigenvalue weighted by Gasteiger charge is -2.45. The van der Waals surface area contributed by atoms with Crippen molar-refractivity contribution in [1.29, 1.82) is 0 Å². The Labute approximate surface area is 219 Å². The molecule has 1 saturated heterocycles. The maximum Gasteiger partial charge on any atom is 0.197 e. The molecule has 37 heavy (non-hydrogen) atoms. The number of ether oxygens (including phenoxy) is 6. The molecule has 6 nitrogen and oxygen atoms in total. The van der Waals surface area contributed by atoms with E-state index in [2.05, 4.69) is 12.3 Å². The van der Waals surface area contributed by atoms with Gasteiger partial charge >= 0.3 is 0 Å². The second-order valence-corrected chi connectivity index (χ2v) is 8.72. The summed E-state index contributed by atoms with van der Waals surface area (Å²) in [5.74, 6) is 0. The van der Waals surface area contributed by atoms with Crippen molar-refractivity contribution in [3.05, 3.63) is 126 Å². The minimum Gasteiger partial charge on any atom is -0.482 e. The Kier molecular flexibility index (Phi) is 10.5. The normalized spacial score (nSPS) is 23.2. The molecule has 1 aliphatic rings. The Morgan fingerprint density at radius 2 is 1.24 bits per heavy atom. The summed E-state index contributed by atoms with van der Waals surface area (Å²) in [6.45, 7) is 5.13. The van der Waals surface area contributed by atoms with Crippen molar-refractivity contribution in [2.75, 3.05) is 13.7 Å². The van der Waals surface area contributed by atoms with Gasteiger partial charge in [-0.3, -0.25) is 0 Å². The van der Waals surface area contributed by atoms with Crippen molar-refractivity contribution in [2.24, 2.45) is 0 Å². The molecule has 194 valence electrons. The van der Waals surface area contributed by atoms with E-state index in [9.17, 15) is 0 Å². The third-order valence-electron chi connectivity index (χ3n) is 6.10. The van der Waals surface area contributed by atoms with Gasteiger partial charge in [0.2, 0.25) is 0 Å². The monoisotopic (exact) mass is 502 g/mol. The molecular formula is C31H34O6. The molecule has 0 aromatic heterocycles. The van der Waals surface area contributed by atoms with Crippen LogP contribution in [-0.2, 0) is 48.2 Å². The van der Waals surface area contributed by atoms with E-state index in [4.69, 9.17) is 28.4 Å². The molecule has 0 spiro atoms. The van der Waals surface area contributed by atoms with Gasteiger partial charge in [0, 0.05) is 7.11 Å². The minimum atomic E-state index is -0.702. The van der Waals surface area contributed by atoms with Gasteiger partial charge in [0.1, 0.15) is 24.6 Å². The zero-order valence-corrected chi connectivity index (χ0v) is 21.1. The first kappa shape index (κ1) is 26.8. The summed E-state index contributed by atoms with van der Waals surface area (Å²) in [6, 6.07) is 30.0. The lowest BCUT2D eigenvalue weighted by Crippen LogP contribution is -2.61. The topological polar surface area (TPSA) is 55.4 Å². The van der Waals surface area contributed by atoms with Crippen molar-refractivity contribution in [3.8, 4) is 0 Å². The van der Waals surface area contributed by atoms with Gasteiger partial charge in [-0.05, 0) is 16.7 Å². The maximum atomic E-state index is 6.47. The molecule has 0 bridgehead atoms. The summed E-state index contributed by atoms with van der Waals surface area (Å²) < 4.78 is 37.0. The standard InChI is InChI=1S/C31H34O6/c1-3-19-34-30-29(36-22-26-17-11-6-12-18-26)28(35-21-25-15-9-5-10-16-25)27(37-31(30)32-2)23-33-20-24-13-7-4-8-14-24/h4-19,27-31H,1,20-23H2,2H3/t27-,28-,29+,30-,31-/m1/s1. The summed E-state index contributed by atoms with van der Waals surface area (Å²) in [6.07, 6.45) is -1.36. The number of hydrogen-bond acceptors (Lipinski definition) is 6. The number of benzene rings is 3. The quantitative estimate of drug-likeness (QED) is 0.230. The highest BCUT2D eigenvalue weighted by Gasteiger charge is 2.49. The van der Waals surface area contributed by atoms with Gasteiger partial charge in [0.05, 0.1) is 26.4 Å². The lowest BCUT2D eigenvalue weighted by molar-refractivity contribution is -0.314. The average Bonchev–Trinajstić information content (AvgIpc) is 2.96. The molecular weight excluding hydrogens is 468 g/mol. The van der Waals surface area contributed by atoms with Gasteiger partial charge in [-0.15, -0.1) is 0 Å². The minimum absolute atomic E-state index is 0.295. The van der Waals surface area contributed by atoms with E-state index in [0.717, 1.165) is 16.7 Å². The summed E-state index contributed by atoms with van der Waals surface area (Å²) in [4.78, 5) is 0. The molecule has 0 radical (unpaired) electrons. The second kappa shape index (κ2) is 14.5. The molecule has 0 aliphatic carbocycles. The van der Waals surface area contributed by atoms with Gasteiger partial charge < -0.3 is 28.4 Å². The van der Waals surface area contributed by atoms with E-state index < -0.39 is 30.7 Å². The van der Waals surface area contributed by atoms with Crippen molar-refractivity contribution in [2.45, 2.75) is 50.5 Å². The summed E-state index contributed by atoms with van der Waals surface area (Å²) in [5, 5.41) is 0. The summed E-state index contributed by atoms with van der Waals surface area (Å²) in [7, 11) is 1.58. The molecule has 5 atom stereocenters.